The Morgan fingerprint density at radius 1 is 1.50 bits per heavy atom. The third kappa shape index (κ3) is 3.39. The Balaban J connectivity index is 3.49. The van der Waals surface area contributed by atoms with Gasteiger partial charge >= 0.3 is 6.18 Å². The van der Waals surface area contributed by atoms with E-state index in [4.69, 9.17) is 0 Å². The minimum absolute atomic E-state index is 0.0757. The lowest BCUT2D eigenvalue weighted by atomic mass is 10.1. The predicted molar refractivity (Wildman–Crippen MR) is 67.7 cm³/mol. The maximum atomic E-state index is 12.8. The number of nitro groups is 1. The van der Waals surface area contributed by atoms with Crippen LogP contribution in [0.4, 0.5) is 24.5 Å². The first-order chi connectivity index (χ1) is 8.12. The minimum Gasteiger partial charge on any atom is -0.349 e. The molecule has 0 saturated carbocycles. The van der Waals surface area contributed by atoms with Gasteiger partial charge in [0.1, 0.15) is 0 Å². The van der Waals surface area contributed by atoms with Crippen LogP contribution < -0.4 is 5.32 Å². The normalized spacial score (nSPS) is 11.2. The predicted octanol–water partition coefficient (Wildman–Crippen LogP) is 4.14. The van der Waals surface area contributed by atoms with Gasteiger partial charge in [-0.15, -0.1) is 0 Å². The first kappa shape index (κ1) is 14.8. The van der Waals surface area contributed by atoms with E-state index >= 15 is 0 Å². The molecule has 0 aliphatic carbocycles. The summed E-state index contributed by atoms with van der Waals surface area (Å²) in [5.74, 6) is 0. The van der Waals surface area contributed by atoms with E-state index in [0.717, 1.165) is 6.07 Å². The number of nitrogens with zero attached hydrogens (tertiary/aromatic N) is 1. The summed E-state index contributed by atoms with van der Waals surface area (Å²) in [5.41, 5.74) is -2.13. The molecule has 0 aromatic heterocycles. The van der Waals surface area contributed by atoms with Crippen molar-refractivity contribution in [2.24, 2.45) is 0 Å². The van der Waals surface area contributed by atoms with Crippen LogP contribution in [0.3, 0.4) is 0 Å². The minimum atomic E-state index is -4.72. The number of nitro benzene ring substituents is 1. The van der Waals surface area contributed by atoms with Crippen LogP contribution in [-0.2, 0) is 6.18 Å². The number of rotatable bonds is 2. The van der Waals surface area contributed by atoms with Crippen molar-refractivity contribution < 1.29 is 18.1 Å². The van der Waals surface area contributed by atoms with E-state index in [0.29, 0.717) is 6.07 Å². The first-order valence-corrected chi connectivity index (χ1v) is 5.65. The summed E-state index contributed by atoms with van der Waals surface area (Å²) >= 11 is 7.53. The lowest BCUT2D eigenvalue weighted by molar-refractivity contribution is -0.385. The molecule has 0 heterocycles. The number of alkyl halides is 3. The van der Waals surface area contributed by atoms with Gasteiger partial charge in [0.25, 0.3) is 5.69 Å². The molecule has 0 aliphatic rings. The third-order valence-corrected chi connectivity index (χ3v) is 2.62. The van der Waals surface area contributed by atoms with Crippen molar-refractivity contribution in [3.8, 4) is 0 Å². The molecule has 0 fully saturated rings. The van der Waals surface area contributed by atoms with Crippen molar-refractivity contribution in [3.05, 3.63) is 32.3 Å². The van der Waals surface area contributed by atoms with Gasteiger partial charge in [0.2, 0.25) is 0 Å². The average Bonchev–Trinajstić information content (AvgIpc) is 2.17. The molecule has 0 radical (unpaired) electrons. The van der Waals surface area contributed by atoms with Crippen molar-refractivity contribution in [2.45, 2.75) is 13.1 Å². The molecule has 1 aromatic carbocycles. The standard InChI is InChI=1S/C9H6BrF3N2O2S/c1-4(18)14-8-6(9(11,12)13)2-5(15(16)17)3-7(8)10/h2-3H,1H3,(H,14,18). The smallest absolute Gasteiger partial charge is 0.349 e. The van der Waals surface area contributed by atoms with E-state index in [1.165, 1.54) is 6.92 Å². The molecule has 0 spiro atoms. The van der Waals surface area contributed by atoms with Crippen LogP contribution in [0.1, 0.15) is 12.5 Å². The van der Waals surface area contributed by atoms with Crippen molar-refractivity contribution in [1.82, 2.24) is 0 Å². The van der Waals surface area contributed by atoms with Crippen LogP contribution in [0.5, 0.6) is 0 Å². The van der Waals surface area contributed by atoms with Gasteiger partial charge in [0.05, 0.1) is 21.2 Å². The fraction of sp³-hybridized carbons (Fsp3) is 0.222. The molecule has 4 nitrogen and oxygen atoms in total. The average molecular weight is 343 g/mol. The summed E-state index contributed by atoms with van der Waals surface area (Å²) < 4.78 is 38.3. The summed E-state index contributed by atoms with van der Waals surface area (Å²) in [5, 5.41) is 12.9. The van der Waals surface area contributed by atoms with Gasteiger partial charge in [0, 0.05) is 16.6 Å². The van der Waals surface area contributed by atoms with E-state index < -0.39 is 22.4 Å². The molecule has 0 aliphatic heterocycles. The maximum absolute atomic E-state index is 12.8. The molecular weight excluding hydrogens is 337 g/mol. The molecule has 0 saturated heterocycles. The maximum Gasteiger partial charge on any atom is 0.418 e. The van der Waals surface area contributed by atoms with Crippen LogP contribution in [0.2, 0.25) is 0 Å². The third-order valence-electron chi connectivity index (χ3n) is 1.89. The fourth-order valence-corrected chi connectivity index (χ4v) is 1.87. The number of thiocarbonyl (C=S) groups is 1. The zero-order chi connectivity index (χ0) is 14.1. The second kappa shape index (κ2) is 5.19. The summed E-state index contributed by atoms with van der Waals surface area (Å²) in [4.78, 5) is 9.76. The second-order valence-electron chi connectivity index (χ2n) is 3.29. The van der Waals surface area contributed by atoms with Crippen LogP contribution in [-0.4, -0.2) is 9.91 Å². The highest BCUT2D eigenvalue weighted by Gasteiger charge is 2.36. The molecule has 1 rings (SSSR count). The number of nitrogens with one attached hydrogen (secondary N) is 1. The summed E-state index contributed by atoms with van der Waals surface area (Å²) in [6, 6.07) is 1.45. The Morgan fingerprint density at radius 2 is 2.06 bits per heavy atom. The number of halogens is 4. The van der Waals surface area contributed by atoms with E-state index in [1.807, 2.05) is 0 Å². The Bertz CT molecular complexity index is 519. The van der Waals surface area contributed by atoms with Gasteiger partial charge in [-0.2, -0.15) is 13.2 Å². The van der Waals surface area contributed by atoms with Crippen LogP contribution in [0.15, 0.2) is 16.6 Å². The van der Waals surface area contributed by atoms with Crippen LogP contribution in [0, 0.1) is 10.1 Å². The highest BCUT2D eigenvalue weighted by atomic mass is 79.9. The first-order valence-electron chi connectivity index (χ1n) is 4.45. The number of hydrogen-bond acceptors (Lipinski definition) is 3. The van der Waals surface area contributed by atoms with E-state index in [-0.39, 0.29) is 15.1 Å². The van der Waals surface area contributed by atoms with E-state index in [2.05, 4.69) is 33.5 Å². The topological polar surface area (TPSA) is 55.2 Å². The molecule has 1 N–H and O–H groups in total. The molecule has 98 valence electrons. The van der Waals surface area contributed by atoms with Crippen molar-refractivity contribution >= 4 is 44.5 Å². The molecule has 0 bridgehead atoms. The molecule has 18 heavy (non-hydrogen) atoms. The molecule has 1 aromatic rings. The zero-order valence-electron chi connectivity index (χ0n) is 8.84. The Hall–Kier alpha value is -1.22. The van der Waals surface area contributed by atoms with Crippen molar-refractivity contribution in [1.29, 1.82) is 0 Å². The molecule has 0 amide bonds. The highest BCUT2D eigenvalue weighted by molar-refractivity contribution is 9.10. The van der Waals surface area contributed by atoms with Crippen molar-refractivity contribution in [2.75, 3.05) is 5.32 Å². The van der Waals surface area contributed by atoms with Gasteiger partial charge in [-0.1, -0.05) is 12.2 Å². The Morgan fingerprint density at radius 3 is 2.44 bits per heavy atom. The fourth-order valence-electron chi connectivity index (χ4n) is 1.22. The molecule has 0 unspecified atom stereocenters. The molecule has 0 atom stereocenters. The quantitative estimate of drug-likeness (QED) is 0.498. The van der Waals surface area contributed by atoms with Crippen LogP contribution >= 0.6 is 28.1 Å². The lowest BCUT2D eigenvalue weighted by Gasteiger charge is -2.15. The van der Waals surface area contributed by atoms with E-state index in [1.54, 1.807) is 0 Å². The monoisotopic (exact) mass is 342 g/mol. The molecular formula is C9H6BrF3N2O2S. The van der Waals surface area contributed by atoms with Gasteiger partial charge < -0.3 is 5.32 Å². The summed E-state index contributed by atoms with van der Waals surface area (Å²) in [6.45, 7) is 1.41. The van der Waals surface area contributed by atoms with Gasteiger partial charge in [-0.05, 0) is 22.9 Å². The van der Waals surface area contributed by atoms with Gasteiger partial charge in [-0.25, -0.2) is 0 Å². The van der Waals surface area contributed by atoms with Gasteiger partial charge in [0.15, 0.2) is 0 Å². The second-order valence-corrected chi connectivity index (χ2v) is 4.75. The van der Waals surface area contributed by atoms with E-state index in [9.17, 15) is 23.3 Å². The Kier molecular flexibility index (Phi) is 4.28. The molecule has 9 heteroatoms. The van der Waals surface area contributed by atoms with Crippen molar-refractivity contribution in [3.63, 3.8) is 0 Å². The Labute approximate surface area is 113 Å². The number of benzene rings is 1. The summed E-state index contributed by atoms with van der Waals surface area (Å²) in [6.07, 6.45) is -4.72. The van der Waals surface area contributed by atoms with Gasteiger partial charge in [-0.3, -0.25) is 10.1 Å². The zero-order valence-corrected chi connectivity index (χ0v) is 11.2. The SMILES string of the molecule is CC(=S)Nc1c(Br)cc([N+](=O)[O-])cc1C(F)(F)F. The highest BCUT2D eigenvalue weighted by Crippen LogP contribution is 2.41. The number of non-ortho nitro benzene ring substituents is 1. The largest absolute Gasteiger partial charge is 0.418 e. The lowest BCUT2D eigenvalue weighted by Crippen LogP contribution is -2.14. The number of anilines is 1. The van der Waals surface area contributed by atoms with Crippen LogP contribution in [0.25, 0.3) is 0 Å². The summed E-state index contributed by atoms with van der Waals surface area (Å²) in [7, 11) is 0. The number of hydrogen-bond donors (Lipinski definition) is 1.